The Balaban J connectivity index is 0. The van der Waals surface area contributed by atoms with Gasteiger partial charge in [-0.15, -0.1) is 0 Å². The van der Waals surface area contributed by atoms with Gasteiger partial charge in [-0.3, -0.25) is 0 Å². The summed E-state index contributed by atoms with van der Waals surface area (Å²) in [5.74, 6) is -19.9. The summed E-state index contributed by atoms with van der Waals surface area (Å²) >= 11 is 0. The first-order valence-corrected chi connectivity index (χ1v) is 4.84. The lowest BCUT2D eigenvalue weighted by Gasteiger charge is -2.32. The average molecular weight is 386 g/mol. The molecule has 0 spiro atoms. The third-order valence-corrected chi connectivity index (χ3v) is 1.76. The van der Waals surface area contributed by atoms with Gasteiger partial charge in [-0.25, -0.2) is 13.2 Å². The molecular weight excluding hydrogens is 381 g/mol. The van der Waals surface area contributed by atoms with E-state index in [1.807, 2.05) is 0 Å². The Morgan fingerprint density at radius 1 is 0.609 bits per heavy atom. The number of hydrogen-bond acceptors (Lipinski definition) is 0. The maximum absolute atomic E-state index is 12.0. The summed E-state index contributed by atoms with van der Waals surface area (Å²) in [7, 11) is 0. The van der Waals surface area contributed by atoms with Crippen molar-refractivity contribution >= 4 is 0 Å². The van der Waals surface area contributed by atoms with Gasteiger partial charge in [0.05, 0.1) is 0 Å². The first-order chi connectivity index (χ1) is 9.73. The monoisotopic (exact) mass is 386 g/mol. The molecule has 0 aromatic carbocycles. The van der Waals surface area contributed by atoms with Crippen LogP contribution >= 0.6 is 0 Å². The molecule has 0 unspecified atom stereocenters. The molecular formula is C8H5F15. The molecule has 15 heteroatoms. The van der Waals surface area contributed by atoms with Crippen LogP contribution in [0, 0.1) is 0 Å². The van der Waals surface area contributed by atoms with E-state index in [9.17, 15) is 65.9 Å². The van der Waals surface area contributed by atoms with E-state index in [1.54, 1.807) is 0 Å². The molecule has 23 heavy (non-hydrogen) atoms. The Bertz CT molecular complexity index is 347. The minimum Gasteiger partial charge on any atom is -0.244 e. The smallest absolute Gasteiger partial charge is 0.244 e. The lowest BCUT2D eigenvalue weighted by Crippen LogP contribution is -2.61. The summed E-state index contributed by atoms with van der Waals surface area (Å²) in [6, 6.07) is 0. The fourth-order valence-electron chi connectivity index (χ4n) is 0.667. The van der Waals surface area contributed by atoms with E-state index >= 15 is 0 Å². The van der Waals surface area contributed by atoms with Crippen molar-refractivity contribution in [1.82, 2.24) is 0 Å². The second kappa shape index (κ2) is 7.23. The molecule has 0 rings (SSSR count). The fraction of sp³-hybridized carbons (Fsp3) is 1.00. The van der Waals surface area contributed by atoms with Crippen molar-refractivity contribution in [2.24, 2.45) is 0 Å². The van der Waals surface area contributed by atoms with Gasteiger partial charge in [0.15, 0.2) is 6.67 Å². The molecule has 0 aromatic rings. The van der Waals surface area contributed by atoms with Crippen LogP contribution in [0.25, 0.3) is 0 Å². The van der Waals surface area contributed by atoms with Crippen molar-refractivity contribution in [2.45, 2.75) is 43.0 Å². The second-order valence-corrected chi connectivity index (χ2v) is 3.70. The molecule has 0 nitrogen and oxygen atoms in total. The lowest BCUT2D eigenvalue weighted by atomic mass is 10.1. The lowest BCUT2D eigenvalue weighted by molar-refractivity contribution is -0.397. The molecule has 0 fully saturated rings. The maximum Gasteiger partial charge on any atom is 0.460 e. The molecule has 0 aliphatic carbocycles. The van der Waals surface area contributed by atoms with E-state index in [0.29, 0.717) is 0 Å². The SMILES string of the molecule is FC(F)CC(F)(F)F.FCC(F)(F)C(F)(F)C(F)(F)C(F)(F)F. The van der Waals surface area contributed by atoms with E-state index in [4.69, 9.17) is 0 Å². The number of hydrogen-bond donors (Lipinski definition) is 0. The van der Waals surface area contributed by atoms with Crippen LogP contribution in [0.1, 0.15) is 6.42 Å². The van der Waals surface area contributed by atoms with Crippen molar-refractivity contribution < 1.29 is 65.9 Å². The molecule has 142 valence electrons. The number of rotatable bonds is 4. The fourth-order valence-corrected chi connectivity index (χ4v) is 0.667. The van der Waals surface area contributed by atoms with Crippen LogP contribution in [0.15, 0.2) is 0 Å². The van der Waals surface area contributed by atoms with Crippen molar-refractivity contribution in [2.75, 3.05) is 6.67 Å². The Labute approximate surface area is 117 Å². The van der Waals surface area contributed by atoms with Gasteiger partial charge in [0, 0.05) is 0 Å². The quantitative estimate of drug-likeness (QED) is 0.550. The summed E-state index contributed by atoms with van der Waals surface area (Å²) in [6.07, 6.45) is -16.9. The van der Waals surface area contributed by atoms with Crippen LogP contribution in [0.5, 0.6) is 0 Å². The highest BCUT2D eigenvalue weighted by Gasteiger charge is 2.81. The van der Waals surface area contributed by atoms with Crippen LogP contribution in [0.2, 0.25) is 0 Å². The minimum atomic E-state index is -7.00. The van der Waals surface area contributed by atoms with Crippen molar-refractivity contribution in [3.8, 4) is 0 Å². The van der Waals surface area contributed by atoms with Crippen LogP contribution in [0.3, 0.4) is 0 Å². The van der Waals surface area contributed by atoms with Gasteiger partial charge in [0.1, 0.15) is 6.42 Å². The molecule has 0 saturated carbocycles. The van der Waals surface area contributed by atoms with Crippen LogP contribution in [-0.2, 0) is 0 Å². The largest absolute Gasteiger partial charge is 0.460 e. The zero-order valence-corrected chi connectivity index (χ0v) is 10.2. The molecule has 0 N–H and O–H groups in total. The Kier molecular flexibility index (Phi) is 7.61. The summed E-state index contributed by atoms with van der Waals surface area (Å²) in [5.41, 5.74) is 0. The molecule has 0 aromatic heterocycles. The third-order valence-electron chi connectivity index (χ3n) is 1.76. The van der Waals surface area contributed by atoms with Gasteiger partial charge < -0.3 is 0 Å². The van der Waals surface area contributed by atoms with Crippen LogP contribution < -0.4 is 0 Å². The van der Waals surface area contributed by atoms with E-state index in [-0.39, 0.29) is 0 Å². The van der Waals surface area contributed by atoms with Gasteiger partial charge in [-0.2, -0.15) is 52.7 Å². The third kappa shape index (κ3) is 6.53. The molecule has 0 amide bonds. The molecule has 0 heterocycles. The first-order valence-electron chi connectivity index (χ1n) is 4.84. The molecule has 0 radical (unpaired) electrons. The highest BCUT2D eigenvalue weighted by atomic mass is 19.4. The highest BCUT2D eigenvalue weighted by Crippen LogP contribution is 2.52. The van der Waals surface area contributed by atoms with Gasteiger partial charge in [0.25, 0.3) is 0 Å². The molecule has 0 saturated heterocycles. The molecule has 0 atom stereocenters. The molecule has 0 aliphatic heterocycles. The Morgan fingerprint density at radius 2 is 0.957 bits per heavy atom. The second-order valence-electron chi connectivity index (χ2n) is 3.70. The summed E-state index contributed by atoms with van der Waals surface area (Å²) < 4.78 is 171. The van der Waals surface area contributed by atoms with Crippen molar-refractivity contribution in [3.63, 3.8) is 0 Å². The van der Waals surface area contributed by atoms with Gasteiger partial charge in [-0.05, 0) is 0 Å². The van der Waals surface area contributed by atoms with Gasteiger partial charge in [0.2, 0.25) is 6.43 Å². The summed E-state index contributed by atoms with van der Waals surface area (Å²) in [4.78, 5) is 0. The average Bonchev–Trinajstić information content (AvgIpc) is 2.24. The minimum absolute atomic E-state index is 2.01. The predicted octanol–water partition coefficient (Wildman–Crippen LogP) is 5.63. The molecule has 0 aliphatic rings. The zero-order valence-electron chi connectivity index (χ0n) is 10.2. The highest BCUT2D eigenvalue weighted by molar-refractivity contribution is 5.00. The van der Waals surface area contributed by atoms with Crippen molar-refractivity contribution in [1.29, 1.82) is 0 Å². The normalized spacial score (nSPS) is 14.6. The first kappa shape index (κ1) is 24.2. The summed E-state index contributed by atoms with van der Waals surface area (Å²) in [5, 5.41) is 0. The van der Waals surface area contributed by atoms with Gasteiger partial charge in [-0.1, -0.05) is 0 Å². The van der Waals surface area contributed by atoms with Crippen LogP contribution in [0.4, 0.5) is 65.9 Å². The standard InChI is InChI=1S/C5H2F10.C3H3F5/c6-1-2(7,8)3(9,10)4(11,12)5(13,14)15;4-2(5)1-3(6,7)8/h1H2;2H,1H2. The number of alkyl halides is 15. The van der Waals surface area contributed by atoms with E-state index < -0.39 is 49.6 Å². The molecule has 0 bridgehead atoms. The zero-order chi connectivity index (χ0) is 19.5. The van der Waals surface area contributed by atoms with E-state index in [0.717, 1.165) is 0 Å². The Hall–Kier alpha value is -1.05. The summed E-state index contributed by atoms with van der Waals surface area (Å²) in [6.45, 7) is -3.33. The van der Waals surface area contributed by atoms with Crippen molar-refractivity contribution in [3.05, 3.63) is 0 Å². The van der Waals surface area contributed by atoms with Gasteiger partial charge >= 0.3 is 30.1 Å². The number of halogens is 15. The van der Waals surface area contributed by atoms with Crippen LogP contribution in [-0.4, -0.2) is 43.2 Å². The Morgan fingerprint density at radius 3 is 1.09 bits per heavy atom. The topological polar surface area (TPSA) is 0 Å². The maximum atomic E-state index is 12.0. The van der Waals surface area contributed by atoms with E-state index in [1.165, 1.54) is 0 Å². The predicted molar refractivity (Wildman–Crippen MR) is 43.5 cm³/mol. The van der Waals surface area contributed by atoms with E-state index in [2.05, 4.69) is 0 Å².